The minimum Gasteiger partial charge on any atom is -0.348 e. The van der Waals surface area contributed by atoms with Gasteiger partial charge in [0.1, 0.15) is 0 Å². The van der Waals surface area contributed by atoms with Crippen LogP contribution < -0.4 is 5.32 Å². The molecule has 0 spiro atoms. The van der Waals surface area contributed by atoms with Gasteiger partial charge in [-0.15, -0.1) is 11.8 Å². The number of nitrogens with one attached hydrogen (secondary N) is 1. The first kappa shape index (κ1) is 16.0. The number of Topliss-reactive ketones (excluding diaryl/α,β-unsaturated/α-hetero) is 1. The van der Waals surface area contributed by atoms with Crippen LogP contribution in [0, 0.1) is 0 Å². The topological polar surface area (TPSA) is 80.3 Å². The maximum absolute atomic E-state index is 11.8. The predicted molar refractivity (Wildman–Crippen MR) is 83.3 cm³/mol. The Bertz CT molecular complexity index is 613. The highest BCUT2D eigenvalue weighted by Gasteiger charge is 2.28. The molecule has 0 aromatic heterocycles. The number of hydrogen-bond acceptors (Lipinski definition) is 5. The number of ketones is 1. The standard InChI is InChI=1S/C14H17NO4S2/c16-13(11-4-2-1-3-5-11)8-15-14(17)9-20-12-6-7-21(18,19)10-12/h1-5,12H,6-10H2,(H,15,17)/t12-/m0/s1. The third-order valence-corrected chi connectivity index (χ3v) is 6.46. The van der Waals surface area contributed by atoms with Crippen molar-refractivity contribution in [2.75, 3.05) is 23.8 Å². The normalized spacial score (nSPS) is 20.1. The molecule has 0 saturated carbocycles. The van der Waals surface area contributed by atoms with Gasteiger partial charge >= 0.3 is 0 Å². The first-order valence-electron chi connectivity index (χ1n) is 6.63. The average molecular weight is 327 g/mol. The Balaban J connectivity index is 1.70. The Kier molecular flexibility index (Phi) is 5.41. The van der Waals surface area contributed by atoms with Crippen LogP contribution in [0.15, 0.2) is 30.3 Å². The van der Waals surface area contributed by atoms with Crippen molar-refractivity contribution >= 4 is 33.3 Å². The lowest BCUT2D eigenvalue weighted by molar-refractivity contribution is -0.118. The highest BCUT2D eigenvalue weighted by molar-refractivity contribution is 8.02. The molecule has 1 amide bonds. The summed E-state index contributed by atoms with van der Waals surface area (Å²) in [6, 6.07) is 8.76. The van der Waals surface area contributed by atoms with Crippen LogP contribution in [0.1, 0.15) is 16.8 Å². The highest BCUT2D eigenvalue weighted by atomic mass is 32.2. The van der Waals surface area contributed by atoms with E-state index in [0.29, 0.717) is 12.0 Å². The van der Waals surface area contributed by atoms with E-state index in [1.54, 1.807) is 24.3 Å². The molecule has 1 aromatic rings. The van der Waals surface area contributed by atoms with Gasteiger partial charge in [0, 0.05) is 10.8 Å². The molecule has 0 bridgehead atoms. The number of sulfone groups is 1. The third kappa shape index (κ3) is 5.17. The monoisotopic (exact) mass is 327 g/mol. The van der Waals surface area contributed by atoms with E-state index in [1.165, 1.54) is 11.8 Å². The maximum Gasteiger partial charge on any atom is 0.230 e. The van der Waals surface area contributed by atoms with Crippen LogP contribution in [0.25, 0.3) is 0 Å². The van der Waals surface area contributed by atoms with Crippen LogP contribution in [0.3, 0.4) is 0 Å². The van der Waals surface area contributed by atoms with E-state index in [0.717, 1.165) is 0 Å². The van der Waals surface area contributed by atoms with Crippen LogP contribution in [-0.2, 0) is 14.6 Å². The number of benzene rings is 1. The summed E-state index contributed by atoms with van der Waals surface area (Å²) in [5.41, 5.74) is 0.562. The summed E-state index contributed by atoms with van der Waals surface area (Å²) in [6.45, 7) is -0.0353. The summed E-state index contributed by atoms with van der Waals surface area (Å²) < 4.78 is 22.6. The molecule has 0 radical (unpaired) electrons. The van der Waals surface area contributed by atoms with Crippen molar-refractivity contribution in [3.63, 3.8) is 0 Å². The molecule has 1 aliphatic heterocycles. The van der Waals surface area contributed by atoms with Crippen molar-refractivity contribution in [2.24, 2.45) is 0 Å². The summed E-state index contributed by atoms with van der Waals surface area (Å²) in [5.74, 6) is 0.153. The molecule has 7 heteroatoms. The molecule has 114 valence electrons. The van der Waals surface area contributed by atoms with Crippen molar-refractivity contribution in [1.29, 1.82) is 0 Å². The van der Waals surface area contributed by atoms with Gasteiger partial charge in [-0.25, -0.2) is 8.42 Å². The number of carbonyl (C=O) groups excluding carboxylic acids is 2. The number of carbonyl (C=O) groups is 2. The summed E-state index contributed by atoms with van der Waals surface area (Å²) in [7, 11) is -2.91. The molecular formula is C14H17NO4S2. The SMILES string of the molecule is O=C(CS[C@H]1CCS(=O)(=O)C1)NCC(=O)c1ccccc1. The maximum atomic E-state index is 11.8. The zero-order valence-electron chi connectivity index (χ0n) is 11.4. The Labute approximate surface area is 128 Å². The van der Waals surface area contributed by atoms with Crippen molar-refractivity contribution in [1.82, 2.24) is 5.32 Å². The van der Waals surface area contributed by atoms with Gasteiger partial charge in [0.05, 0.1) is 23.8 Å². The van der Waals surface area contributed by atoms with Crippen LogP contribution in [0.5, 0.6) is 0 Å². The van der Waals surface area contributed by atoms with Gasteiger partial charge in [-0.1, -0.05) is 30.3 Å². The molecular weight excluding hydrogens is 310 g/mol. The van der Waals surface area contributed by atoms with Crippen LogP contribution in [-0.4, -0.2) is 49.2 Å². The van der Waals surface area contributed by atoms with Crippen LogP contribution in [0.2, 0.25) is 0 Å². The van der Waals surface area contributed by atoms with E-state index in [1.807, 2.05) is 6.07 Å². The van der Waals surface area contributed by atoms with Crippen molar-refractivity contribution < 1.29 is 18.0 Å². The first-order chi connectivity index (χ1) is 9.96. The molecule has 1 heterocycles. The zero-order chi connectivity index (χ0) is 15.3. The van der Waals surface area contributed by atoms with Gasteiger partial charge in [0.25, 0.3) is 0 Å². The molecule has 0 aliphatic carbocycles. The lowest BCUT2D eigenvalue weighted by Gasteiger charge is -2.08. The largest absolute Gasteiger partial charge is 0.348 e. The third-order valence-electron chi connectivity index (χ3n) is 3.18. The number of thioether (sulfide) groups is 1. The molecule has 21 heavy (non-hydrogen) atoms. The lowest BCUT2D eigenvalue weighted by Crippen LogP contribution is -2.31. The lowest BCUT2D eigenvalue weighted by atomic mass is 10.1. The molecule has 2 rings (SSSR count). The fourth-order valence-corrected chi connectivity index (χ4v) is 5.52. The van der Waals surface area contributed by atoms with Gasteiger partial charge < -0.3 is 5.32 Å². The Morgan fingerprint density at radius 1 is 1.24 bits per heavy atom. The Morgan fingerprint density at radius 3 is 2.57 bits per heavy atom. The zero-order valence-corrected chi connectivity index (χ0v) is 13.1. The van der Waals surface area contributed by atoms with E-state index in [2.05, 4.69) is 5.32 Å². The predicted octanol–water partition coefficient (Wildman–Crippen LogP) is 0.906. The van der Waals surface area contributed by atoms with Gasteiger partial charge in [0.15, 0.2) is 15.6 Å². The van der Waals surface area contributed by atoms with Gasteiger partial charge in [-0.2, -0.15) is 0 Å². The van der Waals surface area contributed by atoms with E-state index in [4.69, 9.17) is 0 Å². The van der Waals surface area contributed by atoms with Crippen LogP contribution in [0.4, 0.5) is 0 Å². The van der Waals surface area contributed by atoms with Crippen molar-refractivity contribution in [3.8, 4) is 0 Å². The molecule has 1 aromatic carbocycles. The van der Waals surface area contributed by atoms with Gasteiger partial charge in [0.2, 0.25) is 5.91 Å². The van der Waals surface area contributed by atoms with Crippen molar-refractivity contribution in [3.05, 3.63) is 35.9 Å². The smallest absolute Gasteiger partial charge is 0.230 e. The Morgan fingerprint density at radius 2 is 1.95 bits per heavy atom. The van der Waals surface area contributed by atoms with Gasteiger partial charge in [-0.3, -0.25) is 9.59 Å². The number of rotatable bonds is 6. The van der Waals surface area contributed by atoms with Crippen LogP contribution >= 0.6 is 11.8 Å². The van der Waals surface area contributed by atoms with E-state index < -0.39 is 9.84 Å². The van der Waals surface area contributed by atoms with E-state index >= 15 is 0 Å². The minimum atomic E-state index is -2.91. The fourth-order valence-electron chi connectivity index (χ4n) is 2.04. The minimum absolute atomic E-state index is 0.00873. The summed E-state index contributed by atoms with van der Waals surface area (Å²) >= 11 is 1.34. The fraction of sp³-hybridized carbons (Fsp3) is 0.429. The van der Waals surface area contributed by atoms with Crippen molar-refractivity contribution in [2.45, 2.75) is 11.7 Å². The molecule has 1 aliphatic rings. The molecule has 1 fully saturated rings. The average Bonchev–Trinajstić information content (AvgIpc) is 2.83. The Hall–Kier alpha value is -1.34. The van der Waals surface area contributed by atoms with Gasteiger partial charge in [-0.05, 0) is 6.42 Å². The first-order valence-corrected chi connectivity index (χ1v) is 9.50. The molecule has 5 nitrogen and oxygen atoms in total. The molecule has 0 unspecified atom stereocenters. The van der Waals surface area contributed by atoms with E-state index in [-0.39, 0.29) is 40.7 Å². The second-order valence-corrected chi connectivity index (χ2v) is 8.42. The highest BCUT2D eigenvalue weighted by Crippen LogP contribution is 2.23. The quantitative estimate of drug-likeness (QED) is 0.786. The molecule has 1 saturated heterocycles. The van der Waals surface area contributed by atoms with E-state index in [9.17, 15) is 18.0 Å². The summed E-state index contributed by atoms with van der Waals surface area (Å²) in [5, 5.41) is 2.56. The number of amides is 1. The second kappa shape index (κ2) is 7.09. The summed E-state index contributed by atoms with van der Waals surface area (Å²) in [6.07, 6.45) is 0.600. The summed E-state index contributed by atoms with van der Waals surface area (Å²) in [4.78, 5) is 23.5. The molecule has 1 atom stereocenters. The molecule has 1 N–H and O–H groups in total. The second-order valence-electron chi connectivity index (χ2n) is 4.90. The number of hydrogen-bond donors (Lipinski definition) is 1.